The third-order valence-corrected chi connectivity index (χ3v) is 4.86. The Bertz CT molecular complexity index is 409. The van der Waals surface area contributed by atoms with Gasteiger partial charge in [-0.2, -0.15) is 13.1 Å². The van der Waals surface area contributed by atoms with Gasteiger partial charge in [-0.3, -0.25) is 4.79 Å². The number of carbonyl (C=O) groups is 1. The van der Waals surface area contributed by atoms with Gasteiger partial charge < -0.3 is 5.11 Å². The van der Waals surface area contributed by atoms with E-state index in [9.17, 15) is 22.0 Å². The Morgan fingerprint density at radius 3 is 2.24 bits per heavy atom. The van der Waals surface area contributed by atoms with Gasteiger partial charge in [0, 0.05) is 13.1 Å². The van der Waals surface area contributed by atoms with Crippen LogP contribution in [0.25, 0.3) is 0 Å². The second kappa shape index (κ2) is 4.49. The molecule has 1 aliphatic heterocycles. The quantitative estimate of drug-likeness (QED) is 0.826. The molecule has 0 aromatic carbocycles. The van der Waals surface area contributed by atoms with Gasteiger partial charge in [-0.15, -0.1) is 0 Å². The molecule has 100 valence electrons. The van der Waals surface area contributed by atoms with Crippen LogP contribution < -0.4 is 0 Å². The molecule has 1 aliphatic rings. The number of rotatable bonds is 4. The number of halogens is 2. The van der Waals surface area contributed by atoms with Gasteiger partial charge in [0.25, 0.3) is 10.0 Å². The standard InChI is InChI=1S/C9H15F2NO4S/c1-6(2)9(7(13)14)3-4-12(5-9)17(15,16)8(10)11/h6,8H,3-5H2,1-2H3,(H,13,14). The number of alkyl halides is 2. The predicted octanol–water partition coefficient (Wildman–Crippen LogP) is 0.972. The minimum Gasteiger partial charge on any atom is -0.481 e. The molecular weight excluding hydrogens is 256 g/mol. The Hall–Kier alpha value is -0.760. The summed E-state index contributed by atoms with van der Waals surface area (Å²) in [6.07, 6.45) is 0.0615. The van der Waals surface area contributed by atoms with E-state index >= 15 is 0 Å². The average molecular weight is 271 g/mol. The summed E-state index contributed by atoms with van der Waals surface area (Å²) in [4.78, 5) is 11.2. The summed E-state index contributed by atoms with van der Waals surface area (Å²) in [5, 5.41) is 9.15. The molecule has 17 heavy (non-hydrogen) atoms. The summed E-state index contributed by atoms with van der Waals surface area (Å²) in [5.74, 6) is -4.96. The second-order valence-corrected chi connectivity index (χ2v) is 6.41. The first-order chi connectivity index (χ1) is 7.64. The first-order valence-corrected chi connectivity index (χ1v) is 6.65. The molecule has 5 nitrogen and oxygen atoms in total. The monoisotopic (exact) mass is 271 g/mol. The van der Waals surface area contributed by atoms with Crippen LogP contribution in [0.2, 0.25) is 0 Å². The molecule has 1 rings (SSSR count). The molecule has 0 bridgehead atoms. The lowest BCUT2D eigenvalue weighted by Gasteiger charge is -2.28. The molecule has 1 unspecified atom stereocenters. The van der Waals surface area contributed by atoms with Crippen LogP contribution in [0, 0.1) is 11.3 Å². The lowest BCUT2D eigenvalue weighted by molar-refractivity contribution is -0.150. The van der Waals surface area contributed by atoms with Gasteiger partial charge >= 0.3 is 11.7 Å². The van der Waals surface area contributed by atoms with E-state index in [1.54, 1.807) is 13.8 Å². The topological polar surface area (TPSA) is 74.7 Å². The zero-order valence-electron chi connectivity index (χ0n) is 9.56. The number of aliphatic carboxylic acids is 1. The van der Waals surface area contributed by atoms with Gasteiger partial charge in [-0.1, -0.05) is 13.8 Å². The number of sulfonamides is 1. The van der Waals surface area contributed by atoms with E-state index in [4.69, 9.17) is 5.11 Å². The van der Waals surface area contributed by atoms with Crippen molar-refractivity contribution < 1.29 is 27.1 Å². The van der Waals surface area contributed by atoms with Gasteiger partial charge in [0.2, 0.25) is 0 Å². The van der Waals surface area contributed by atoms with Crippen molar-refractivity contribution in [3.05, 3.63) is 0 Å². The summed E-state index contributed by atoms with van der Waals surface area (Å²) in [6, 6.07) is 0. The van der Waals surface area contributed by atoms with E-state index in [1.165, 1.54) is 0 Å². The minimum absolute atomic E-state index is 0.0615. The van der Waals surface area contributed by atoms with E-state index in [-0.39, 0.29) is 25.4 Å². The summed E-state index contributed by atoms with van der Waals surface area (Å²) < 4.78 is 47.8. The van der Waals surface area contributed by atoms with Crippen LogP contribution in [0.4, 0.5) is 8.78 Å². The third kappa shape index (κ3) is 2.28. The number of hydrogen-bond donors (Lipinski definition) is 1. The molecule has 0 amide bonds. The maximum atomic E-state index is 12.3. The molecule has 0 radical (unpaired) electrons. The van der Waals surface area contributed by atoms with Gasteiger partial charge in [-0.05, 0) is 12.3 Å². The Balaban J connectivity index is 3.00. The summed E-state index contributed by atoms with van der Waals surface area (Å²) in [6.45, 7) is 2.74. The highest BCUT2D eigenvalue weighted by Gasteiger charge is 2.51. The maximum Gasteiger partial charge on any atom is 0.350 e. The Morgan fingerprint density at radius 1 is 1.41 bits per heavy atom. The van der Waals surface area contributed by atoms with Crippen molar-refractivity contribution in [2.24, 2.45) is 11.3 Å². The Labute approximate surface area is 98.5 Å². The highest BCUT2D eigenvalue weighted by Crippen LogP contribution is 2.39. The van der Waals surface area contributed by atoms with Crippen LogP contribution in [0.1, 0.15) is 20.3 Å². The van der Waals surface area contributed by atoms with Crippen molar-refractivity contribution in [2.45, 2.75) is 26.0 Å². The van der Waals surface area contributed by atoms with Gasteiger partial charge in [-0.25, -0.2) is 8.42 Å². The van der Waals surface area contributed by atoms with Gasteiger partial charge in [0.05, 0.1) is 5.41 Å². The molecule has 1 atom stereocenters. The maximum absolute atomic E-state index is 12.3. The lowest BCUT2D eigenvalue weighted by atomic mass is 9.77. The van der Waals surface area contributed by atoms with Crippen LogP contribution in [0.15, 0.2) is 0 Å². The first kappa shape index (κ1) is 14.3. The van der Waals surface area contributed by atoms with Crippen molar-refractivity contribution in [2.75, 3.05) is 13.1 Å². The molecule has 0 aliphatic carbocycles. The second-order valence-electron chi connectivity index (χ2n) is 4.51. The summed E-state index contributed by atoms with van der Waals surface area (Å²) in [5.41, 5.74) is -1.26. The van der Waals surface area contributed by atoms with E-state index in [0.29, 0.717) is 4.31 Å². The molecule has 0 saturated carbocycles. The molecule has 1 N–H and O–H groups in total. The van der Waals surface area contributed by atoms with Crippen molar-refractivity contribution >= 4 is 16.0 Å². The normalized spacial score (nSPS) is 26.9. The molecule has 0 aromatic heterocycles. The fraction of sp³-hybridized carbons (Fsp3) is 0.889. The highest BCUT2D eigenvalue weighted by molar-refractivity contribution is 7.89. The van der Waals surface area contributed by atoms with Crippen LogP contribution >= 0.6 is 0 Å². The fourth-order valence-corrected chi connectivity index (χ4v) is 3.00. The highest BCUT2D eigenvalue weighted by atomic mass is 32.2. The van der Waals surface area contributed by atoms with Crippen LogP contribution in [0.5, 0.6) is 0 Å². The third-order valence-electron chi connectivity index (χ3n) is 3.38. The minimum atomic E-state index is -4.68. The molecule has 0 aromatic rings. The lowest BCUT2D eigenvalue weighted by Crippen LogP contribution is -2.41. The van der Waals surface area contributed by atoms with E-state index in [0.717, 1.165) is 0 Å². The zero-order chi connectivity index (χ0) is 13.4. The largest absolute Gasteiger partial charge is 0.481 e. The van der Waals surface area contributed by atoms with Gasteiger partial charge in [0.1, 0.15) is 0 Å². The van der Waals surface area contributed by atoms with Crippen molar-refractivity contribution in [1.82, 2.24) is 4.31 Å². The Kier molecular flexibility index (Phi) is 3.78. The SMILES string of the molecule is CC(C)C1(C(=O)O)CCN(S(=O)(=O)C(F)F)C1. The fourth-order valence-electron chi connectivity index (χ4n) is 2.02. The van der Waals surface area contributed by atoms with E-state index < -0.39 is 27.2 Å². The molecule has 0 spiro atoms. The molecule has 1 heterocycles. The van der Waals surface area contributed by atoms with E-state index in [1.807, 2.05) is 0 Å². The van der Waals surface area contributed by atoms with Crippen LogP contribution in [-0.4, -0.2) is 42.6 Å². The van der Waals surface area contributed by atoms with Crippen molar-refractivity contribution in [3.63, 3.8) is 0 Å². The molecule has 8 heteroatoms. The molecule has 1 saturated heterocycles. The molecule has 1 fully saturated rings. The molecular formula is C9H15F2NO4S. The number of carboxylic acids is 1. The van der Waals surface area contributed by atoms with Crippen molar-refractivity contribution in [3.8, 4) is 0 Å². The van der Waals surface area contributed by atoms with E-state index in [2.05, 4.69) is 0 Å². The van der Waals surface area contributed by atoms with Crippen molar-refractivity contribution in [1.29, 1.82) is 0 Å². The summed E-state index contributed by atoms with van der Waals surface area (Å²) >= 11 is 0. The zero-order valence-corrected chi connectivity index (χ0v) is 10.4. The smallest absolute Gasteiger partial charge is 0.350 e. The summed E-state index contributed by atoms with van der Waals surface area (Å²) in [7, 11) is -4.68. The number of hydrogen-bond acceptors (Lipinski definition) is 3. The number of nitrogens with zero attached hydrogens (tertiary/aromatic N) is 1. The number of carboxylic acid groups (broad SMARTS) is 1. The first-order valence-electron chi connectivity index (χ1n) is 5.15. The van der Waals surface area contributed by atoms with Crippen LogP contribution in [0.3, 0.4) is 0 Å². The average Bonchev–Trinajstić information content (AvgIpc) is 2.63. The Morgan fingerprint density at radius 2 is 1.94 bits per heavy atom. The predicted molar refractivity (Wildman–Crippen MR) is 56.0 cm³/mol. The van der Waals surface area contributed by atoms with Crippen LogP contribution in [-0.2, 0) is 14.8 Å². The van der Waals surface area contributed by atoms with Gasteiger partial charge in [0.15, 0.2) is 0 Å².